The number of carbonyl (C=O) groups excluding carboxylic acids is 1. The van der Waals surface area contributed by atoms with Gasteiger partial charge in [-0.25, -0.2) is 9.18 Å². The van der Waals surface area contributed by atoms with Gasteiger partial charge < -0.3 is 10.1 Å². The SMILES string of the molecule is CCN(CCNC(=O)OC)C(C)c1cccc(F)c1. The van der Waals surface area contributed by atoms with Crippen LogP contribution in [0.1, 0.15) is 25.5 Å². The number of methoxy groups -OCH3 is 1. The molecule has 0 saturated heterocycles. The fraction of sp³-hybridized carbons (Fsp3) is 0.500. The van der Waals surface area contributed by atoms with E-state index in [1.165, 1.54) is 13.2 Å². The Kier molecular flexibility index (Phi) is 6.29. The van der Waals surface area contributed by atoms with E-state index in [4.69, 9.17) is 0 Å². The van der Waals surface area contributed by atoms with E-state index in [1.54, 1.807) is 12.1 Å². The predicted molar refractivity (Wildman–Crippen MR) is 72.5 cm³/mol. The molecule has 0 spiro atoms. The molecule has 0 aliphatic rings. The highest BCUT2D eigenvalue weighted by Crippen LogP contribution is 2.20. The third-order valence-electron chi connectivity index (χ3n) is 3.14. The highest BCUT2D eigenvalue weighted by Gasteiger charge is 2.14. The number of hydrogen-bond acceptors (Lipinski definition) is 3. The number of nitrogens with zero attached hydrogens (tertiary/aromatic N) is 1. The van der Waals surface area contributed by atoms with E-state index in [9.17, 15) is 9.18 Å². The van der Waals surface area contributed by atoms with Crippen molar-refractivity contribution in [1.29, 1.82) is 0 Å². The van der Waals surface area contributed by atoms with Gasteiger partial charge in [0.1, 0.15) is 5.82 Å². The number of rotatable bonds is 6. The molecule has 1 aromatic carbocycles. The molecule has 0 radical (unpaired) electrons. The number of likely N-dealkylation sites (N-methyl/N-ethyl adjacent to an activating group) is 1. The Hall–Kier alpha value is -1.62. The number of ether oxygens (including phenoxy) is 1. The molecule has 1 aromatic rings. The average molecular weight is 268 g/mol. The van der Waals surface area contributed by atoms with Gasteiger partial charge >= 0.3 is 6.09 Å². The van der Waals surface area contributed by atoms with Crippen LogP contribution < -0.4 is 5.32 Å². The van der Waals surface area contributed by atoms with Crippen molar-refractivity contribution in [3.05, 3.63) is 35.6 Å². The highest BCUT2D eigenvalue weighted by molar-refractivity contribution is 5.66. The normalized spacial score (nSPS) is 12.3. The van der Waals surface area contributed by atoms with Crippen LogP contribution in [0.25, 0.3) is 0 Å². The lowest BCUT2D eigenvalue weighted by atomic mass is 10.1. The van der Waals surface area contributed by atoms with Crippen LogP contribution in [-0.4, -0.2) is 37.7 Å². The second-order valence-electron chi connectivity index (χ2n) is 4.28. The number of benzene rings is 1. The minimum Gasteiger partial charge on any atom is -0.453 e. The minimum absolute atomic E-state index is 0.0974. The Balaban J connectivity index is 2.56. The standard InChI is InChI=1S/C14H21FN2O2/c1-4-17(9-8-16-14(18)19-3)11(2)12-6-5-7-13(15)10-12/h5-7,10-11H,4,8-9H2,1-3H3,(H,16,18). The molecule has 0 saturated carbocycles. The third-order valence-corrected chi connectivity index (χ3v) is 3.14. The van der Waals surface area contributed by atoms with E-state index in [2.05, 4.69) is 15.0 Å². The predicted octanol–water partition coefficient (Wildman–Crippen LogP) is 2.56. The van der Waals surface area contributed by atoms with Gasteiger partial charge in [0.25, 0.3) is 0 Å². The Morgan fingerprint density at radius 3 is 2.84 bits per heavy atom. The molecular formula is C14H21FN2O2. The van der Waals surface area contributed by atoms with Crippen molar-refractivity contribution in [2.24, 2.45) is 0 Å². The van der Waals surface area contributed by atoms with Gasteiger partial charge in [0.2, 0.25) is 0 Å². The first-order valence-corrected chi connectivity index (χ1v) is 6.39. The van der Waals surface area contributed by atoms with Gasteiger partial charge in [-0.2, -0.15) is 0 Å². The molecule has 4 nitrogen and oxygen atoms in total. The molecule has 106 valence electrons. The number of nitrogens with one attached hydrogen (secondary N) is 1. The summed E-state index contributed by atoms with van der Waals surface area (Å²) in [6.07, 6.45) is -0.436. The molecular weight excluding hydrogens is 247 g/mol. The Morgan fingerprint density at radius 2 is 2.26 bits per heavy atom. The maximum absolute atomic E-state index is 13.2. The molecule has 5 heteroatoms. The van der Waals surface area contributed by atoms with Crippen LogP contribution in [0.2, 0.25) is 0 Å². The van der Waals surface area contributed by atoms with E-state index in [0.717, 1.165) is 12.1 Å². The number of halogens is 1. The van der Waals surface area contributed by atoms with Crippen molar-refractivity contribution >= 4 is 6.09 Å². The zero-order chi connectivity index (χ0) is 14.3. The molecule has 1 rings (SSSR count). The second kappa shape index (κ2) is 7.74. The summed E-state index contributed by atoms with van der Waals surface area (Å²) in [6, 6.07) is 6.69. The molecule has 0 aromatic heterocycles. The smallest absolute Gasteiger partial charge is 0.406 e. The maximum atomic E-state index is 13.2. The van der Waals surface area contributed by atoms with Gasteiger partial charge in [0.05, 0.1) is 7.11 Å². The average Bonchev–Trinajstić information content (AvgIpc) is 2.42. The first-order valence-electron chi connectivity index (χ1n) is 6.39. The molecule has 1 N–H and O–H groups in total. The Bertz CT molecular complexity index is 412. The molecule has 1 unspecified atom stereocenters. The molecule has 1 atom stereocenters. The topological polar surface area (TPSA) is 41.6 Å². The number of alkyl carbamates (subject to hydrolysis) is 1. The molecule has 0 fully saturated rings. The fourth-order valence-electron chi connectivity index (χ4n) is 1.98. The lowest BCUT2D eigenvalue weighted by Gasteiger charge is -2.28. The lowest BCUT2D eigenvalue weighted by Crippen LogP contribution is -2.36. The molecule has 0 heterocycles. The second-order valence-corrected chi connectivity index (χ2v) is 4.28. The quantitative estimate of drug-likeness (QED) is 0.862. The van der Waals surface area contributed by atoms with Crippen molar-refractivity contribution < 1.29 is 13.9 Å². The summed E-state index contributed by atoms with van der Waals surface area (Å²) in [5, 5.41) is 2.64. The van der Waals surface area contributed by atoms with E-state index >= 15 is 0 Å². The van der Waals surface area contributed by atoms with Gasteiger partial charge in [-0.1, -0.05) is 19.1 Å². The minimum atomic E-state index is -0.436. The van der Waals surface area contributed by atoms with Crippen LogP contribution in [0.3, 0.4) is 0 Å². The van der Waals surface area contributed by atoms with Crippen molar-refractivity contribution in [3.8, 4) is 0 Å². The first kappa shape index (κ1) is 15.4. The molecule has 0 aliphatic heterocycles. The Morgan fingerprint density at radius 1 is 1.53 bits per heavy atom. The van der Waals surface area contributed by atoms with Crippen LogP contribution in [0.4, 0.5) is 9.18 Å². The molecule has 1 amide bonds. The largest absolute Gasteiger partial charge is 0.453 e. The van der Waals surface area contributed by atoms with Crippen LogP contribution in [0.5, 0.6) is 0 Å². The zero-order valence-corrected chi connectivity index (χ0v) is 11.6. The monoisotopic (exact) mass is 268 g/mol. The van der Waals surface area contributed by atoms with Crippen molar-refractivity contribution in [3.63, 3.8) is 0 Å². The van der Waals surface area contributed by atoms with Crippen LogP contribution in [0, 0.1) is 5.82 Å². The lowest BCUT2D eigenvalue weighted by molar-refractivity contribution is 0.165. The summed E-state index contributed by atoms with van der Waals surface area (Å²) >= 11 is 0. The zero-order valence-electron chi connectivity index (χ0n) is 11.6. The van der Waals surface area contributed by atoms with Gasteiger partial charge in [-0.05, 0) is 31.2 Å². The summed E-state index contributed by atoms with van der Waals surface area (Å²) in [6.45, 7) is 6.06. The fourth-order valence-corrected chi connectivity index (χ4v) is 1.98. The molecule has 19 heavy (non-hydrogen) atoms. The number of carbonyl (C=O) groups is 1. The maximum Gasteiger partial charge on any atom is 0.406 e. The third kappa shape index (κ3) is 4.87. The highest BCUT2D eigenvalue weighted by atomic mass is 19.1. The summed E-state index contributed by atoms with van der Waals surface area (Å²) in [7, 11) is 1.34. The summed E-state index contributed by atoms with van der Waals surface area (Å²) in [5.41, 5.74) is 0.930. The molecule has 0 aliphatic carbocycles. The van der Waals surface area contributed by atoms with Crippen molar-refractivity contribution in [1.82, 2.24) is 10.2 Å². The van der Waals surface area contributed by atoms with Crippen molar-refractivity contribution in [2.75, 3.05) is 26.7 Å². The summed E-state index contributed by atoms with van der Waals surface area (Å²) in [4.78, 5) is 13.1. The summed E-state index contributed by atoms with van der Waals surface area (Å²) < 4.78 is 17.7. The molecule has 0 bridgehead atoms. The van der Waals surface area contributed by atoms with Gasteiger partial charge in [-0.3, -0.25) is 4.90 Å². The van der Waals surface area contributed by atoms with Gasteiger partial charge in [0, 0.05) is 19.1 Å². The van der Waals surface area contributed by atoms with Crippen LogP contribution in [-0.2, 0) is 4.74 Å². The number of amides is 1. The first-order chi connectivity index (χ1) is 9.08. The Labute approximate surface area is 113 Å². The van der Waals surface area contributed by atoms with Crippen LogP contribution in [0.15, 0.2) is 24.3 Å². The van der Waals surface area contributed by atoms with Gasteiger partial charge in [0.15, 0.2) is 0 Å². The van der Waals surface area contributed by atoms with Crippen molar-refractivity contribution in [2.45, 2.75) is 19.9 Å². The van der Waals surface area contributed by atoms with E-state index in [1.807, 2.05) is 19.9 Å². The van der Waals surface area contributed by atoms with E-state index in [0.29, 0.717) is 13.1 Å². The van der Waals surface area contributed by atoms with E-state index < -0.39 is 6.09 Å². The van der Waals surface area contributed by atoms with E-state index in [-0.39, 0.29) is 11.9 Å². The van der Waals surface area contributed by atoms with Gasteiger partial charge in [-0.15, -0.1) is 0 Å². The van der Waals surface area contributed by atoms with Crippen LogP contribution >= 0.6 is 0 Å². The number of hydrogen-bond donors (Lipinski definition) is 1. The summed E-state index contributed by atoms with van der Waals surface area (Å²) in [5.74, 6) is -0.229.